The van der Waals surface area contributed by atoms with E-state index in [2.05, 4.69) is 4.99 Å². The summed E-state index contributed by atoms with van der Waals surface area (Å²) >= 11 is 7.75. The molecule has 10 heteroatoms. The molecule has 0 amide bonds. The molecule has 4 aromatic rings. The first kappa shape index (κ1) is 27.4. The number of hydrogen-bond acceptors (Lipinski definition) is 8. The Morgan fingerprint density at radius 3 is 2.60 bits per heavy atom. The van der Waals surface area contributed by atoms with Crippen LogP contribution in [-0.4, -0.2) is 30.2 Å². The maximum Gasteiger partial charge on any atom is 0.338 e. The summed E-state index contributed by atoms with van der Waals surface area (Å²) in [5.41, 5.74) is 3.08. The fourth-order valence-corrected chi connectivity index (χ4v) is 5.94. The Hall–Kier alpha value is -4.21. The number of thiazole rings is 1. The van der Waals surface area contributed by atoms with Crippen LogP contribution in [0.15, 0.2) is 80.1 Å². The van der Waals surface area contributed by atoms with E-state index in [9.17, 15) is 14.4 Å². The zero-order chi connectivity index (χ0) is 28.6. The molecule has 2 aromatic carbocycles. The topological polar surface area (TPSA) is 100 Å². The van der Waals surface area contributed by atoms with E-state index in [0.29, 0.717) is 42.7 Å². The van der Waals surface area contributed by atoms with E-state index in [1.807, 2.05) is 6.92 Å². The molecule has 1 atom stereocenters. The van der Waals surface area contributed by atoms with E-state index in [-0.39, 0.29) is 17.7 Å². The summed E-state index contributed by atoms with van der Waals surface area (Å²) in [4.78, 5) is 43.7. The molecule has 40 heavy (non-hydrogen) atoms. The van der Waals surface area contributed by atoms with Crippen LogP contribution in [0.3, 0.4) is 0 Å². The van der Waals surface area contributed by atoms with Crippen molar-refractivity contribution in [1.82, 2.24) is 4.57 Å². The lowest BCUT2D eigenvalue weighted by Gasteiger charge is -2.25. The van der Waals surface area contributed by atoms with Gasteiger partial charge in [0.25, 0.3) is 5.56 Å². The van der Waals surface area contributed by atoms with Gasteiger partial charge in [0, 0.05) is 16.7 Å². The largest absolute Gasteiger partial charge is 0.465 e. The van der Waals surface area contributed by atoms with Gasteiger partial charge < -0.3 is 13.9 Å². The zero-order valence-corrected chi connectivity index (χ0v) is 23.8. The Morgan fingerprint density at radius 2 is 1.90 bits per heavy atom. The summed E-state index contributed by atoms with van der Waals surface area (Å²) in [6.07, 6.45) is 1.65. The van der Waals surface area contributed by atoms with Crippen molar-refractivity contribution >= 4 is 41.0 Å². The van der Waals surface area contributed by atoms with Crippen LogP contribution in [0.25, 0.3) is 17.4 Å². The predicted molar refractivity (Wildman–Crippen MR) is 152 cm³/mol. The molecule has 0 saturated heterocycles. The monoisotopic (exact) mass is 576 g/mol. The molecule has 0 bridgehead atoms. The normalized spacial score (nSPS) is 15.0. The van der Waals surface area contributed by atoms with Crippen LogP contribution in [-0.2, 0) is 14.3 Å². The van der Waals surface area contributed by atoms with Crippen LogP contribution >= 0.6 is 22.9 Å². The molecule has 5 rings (SSSR count). The Balaban J connectivity index is 1.60. The van der Waals surface area contributed by atoms with Crippen molar-refractivity contribution in [2.45, 2.75) is 26.8 Å². The van der Waals surface area contributed by atoms with Gasteiger partial charge in [-0.1, -0.05) is 47.2 Å². The van der Waals surface area contributed by atoms with Crippen molar-refractivity contribution in [3.63, 3.8) is 0 Å². The molecule has 1 aliphatic rings. The first-order chi connectivity index (χ1) is 19.2. The number of rotatable bonds is 6. The van der Waals surface area contributed by atoms with Gasteiger partial charge in [-0.25, -0.2) is 14.6 Å². The number of methoxy groups -OCH3 is 1. The number of furan rings is 1. The van der Waals surface area contributed by atoms with Crippen LogP contribution in [0, 0.1) is 6.92 Å². The number of hydrogen-bond donors (Lipinski definition) is 0. The van der Waals surface area contributed by atoms with Crippen molar-refractivity contribution in [2.75, 3.05) is 13.7 Å². The minimum absolute atomic E-state index is 0.182. The lowest BCUT2D eigenvalue weighted by atomic mass is 9.96. The first-order valence-corrected chi connectivity index (χ1v) is 13.7. The fourth-order valence-electron chi connectivity index (χ4n) is 4.67. The highest BCUT2D eigenvalue weighted by Crippen LogP contribution is 2.34. The average Bonchev–Trinajstić information content (AvgIpc) is 3.52. The number of fused-ring (bicyclic) bond motifs is 1. The van der Waals surface area contributed by atoms with Crippen molar-refractivity contribution in [3.8, 4) is 11.3 Å². The zero-order valence-electron chi connectivity index (χ0n) is 22.2. The molecule has 0 N–H and O–H groups in total. The van der Waals surface area contributed by atoms with Crippen LogP contribution in [0.2, 0.25) is 5.02 Å². The van der Waals surface area contributed by atoms with Gasteiger partial charge in [-0.3, -0.25) is 9.36 Å². The summed E-state index contributed by atoms with van der Waals surface area (Å²) in [6.45, 7) is 5.50. The predicted octanol–water partition coefficient (Wildman–Crippen LogP) is 4.81. The third-order valence-corrected chi connectivity index (χ3v) is 7.86. The number of nitrogens with zero attached hydrogens (tertiary/aromatic N) is 2. The quantitative estimate of drug-likeness (QED) is 0.306. The second-order valence-electron chi connectivity index (χ2n) is 9.05. The van der Waals surface area contributed by atoms with E-state index in [1.165, 1.54) is 23.0 Å². The maximum atomic E-state index is 13.8. The molecule has 0 radical (unpaired) electrons. The van der Waals surface area contributed by atoms with Gasteiger partial charge in [-0.2, -0.15) is 0 Å². The number of aryl methyl sites for hydroxylation is 1. The average molecular weight is 577 g/mol. The third-order valence-electron chi connectivity index (χ3n) is 6.53. The van der Waals surface area contributed by atoms with Gasteiger partial charge in [-0.05, 0) is 62.2 Å². The summed E-state index contributed by atoms with van der Waals surface area (Å²) in [6, 6.07) is 15.1. The second kappa shape index (κ2) is 11.1. The number of benzene rings is 2. The standard InChI is InChI=1S/C30H25ClN2O6S/c1-5-38-29(36)25-17(3)32-30-33(26(25)21-8-6-7-9-22(21)31)27(34)24(40-30)15-19-11-13-23(39-19)20-12-10-18(14-16(20)2)28(35)37-4/h6-15,26H,5H2,1-4H3/b24-15+/t26-/m0/s1. The number of aromatic nitrogens is 1. The van der Waals surface area contributed by atoms with E-state index in [0.717, 1.165) is 11.1 Å². The number of halogens is 1. The van der Waals surface area contributed by atoms with Gasteiger partial charge in [0.15, 0.2) is 4.80 Å². The fraction of sp³-hybridized carbons (Fsp3) is 0.200. The molecular formula is C30H25ClN2O6S. The van der Waals surface area contributed by atoms with E-state index in [1.54, 1.807) is 74.5 Å². The Kier molecular flexibility index (Phi) is 7.60. The maximum absolute atomic E-state index is 13.8. The Bertz CT molecular complexity index is 1860. The molecule has 2 aromatic heterocycles. The van der Waals surface area contributed by atoms with Crippen molar-refractivity contribution in [3.05, 3.63) is 113 Å². The first-order valence-electron chi connectivity index (χ1n) is 12.5. The van der Waals surface area contributed by atoms with Crippen LogP contribution in [0.4, 0.5) is 0 Å². The van der Waals surface area contributed by atoms with Crippen LogP contribution in [0.1, 0.15) is 47.1 Å². The smallest absolute Gasteiger partial charge is 0.338 e. The number of esters is 2. The number of carbonyl (C=O) groups is 2. The molecule has 3 heterocycles. The molecule has 0 saturated carbocycles. The summed E-state index contributed by atoms with van der Waals surface area (Å²) in [5.74, 6) is 0.0866. The molecule has 8 nitrogen and oxygen atoms in total. The summed E-state index contributed by atoms with van der Waals surface area (Å²) < 4.78 is 18.0. The van der Waals surface area contributed by atoms with Crippen molar-refractivity contribution < 1.29 is 23.5 Å². The lowest BCUT2D eigenvalue weighted by molar-refractivity contribution is -0.139. The van der Waals surface area contributed by atoms with Gasteiger partial charge in [0.1, 0.15) is 17.6 Å². The lowest BCUT2D eigenvalue weighted by Crippen LogP contribution is -2.40. The number of carbonyl (C=O) groups excluding carboxylic acids is 2. The number of ether oxygens (including phenoxy) is 2. The minimum atomic E-state index is -0.797. The summed E-state index contributed by atoms with van der Waals surface area (Å²) in [7, 11) is 1.34. The minimum Gasteiger partial charge on any atom is -0.465 e. The molecular weight excluding hydrogens is 552 g/mol. The molecule has 1 aliphatic heterocycles. The molecule has 204 valence electrons. The van der Waals surface area contributed by atoms with Gasteiger partial charge in [0.2, 0.25) is 0 Å². The summed E-state index contributed by atoms with van der Waals surface area (Å²) in [5, 5.41) is 0.419. The van der Waals surface area contributed by atoms with E-state index >= 15 is 0 Å². The Labute approximate surface area is 238 Å². The highest BCUT2D eigenvalue weighted by molar-refractivity contribution is 7.07. The third kappa shape index (κ3) is 4.94. The molecule has 0 aliphatic carbocycles. The van der Waals surface area contributed by atoms with Crippen LogP contribution < -0.4 is 14.9 Å². The van der Waals surface area contributed by atoms with Gasteiger partial charge in [0.05, 0.1) is 35.1 Å². The van der Waals surface area contributed by atoms with E-state index < -0.39 is 18.0 Å². The molecule has 0 unspecified atom stereocenters. The van der Waals surface area contributed by atoms with Crippen molar-refractivity contribution in [2.24, 2.45) is 4.99 Å². The SMILES string of the molecule is CCOC(=O)C1=C(C)N=c2s/c(=C/c3ccc(-c4ccc(C(=O)OC)cc4C)o3)c(=O)n2[C@H]1c1ccccc1Cl. The second-order valence-corrected chi connectivity index (χ2v) is 10.5. The highest BCUT2D eigenvalue weighted by atomic mass is 35.5. The van der Waals surface area contributed by atoms with E-state index in [4.69, 9.17) is 25.5 Å². The molecule has 0 fully saturated rings. The molecule has 0 spiro atoms. The number of allylic oxidation sites excluding steroid dienone is 1. The van der Waals surface area contributed by atoms with Crippen molar-refractivity contribution in [1.29, 1.82) is 0 Å². The van der Waals surface area contributed by atoms with Gasteiger partial charge in [-0.15, -0.1) is 0 Å². The van der Waals surface area contributed by atoms with Gasteiger partial charge >= 0.3 is 11.9 Å². The van der Waals surface area contributed by atoms with Crippen LogP contribution in [0.5, 0.6) is 0 Å². The highest BCUT2D eigenvalue weighted by Gasteiger charge is 2.34. The Morgan fingerprint density at radius 1 is 1.12 bits per heavy atom.